The molecule has 3 aromatic rings. The minimum absolute atomic E-state index is 0.272. The molecule has 1 aromatic carbocycles. The quantitative estimate of drug-likeness (QED) is 0.529. The number of fused-ring (bicyclic) bond motifs is 1. The van der Waals surface area contributed by atoms with Gasteiger partial charge in [0.1, 0.15) is 10.7 Å². The highest BCUT2D eigenvalue weighted by Gasteiger charge is 2.17. The highest BCUT2D eigenvalue weighted by molar-refractivity contribution is 14.1. The number of aromatic nitrogens is 1. The molecule has 0 bridgehead atoms. The largest absolute Gasteiger partial charge is 0.306 e. The van der Waals surface area contributed by atoms with E-state index in [4.69, 9.17) is 23.2 Å². The minimum atomic E-state index is -0.272. The standard InChI is InChI=1S/C14H7Cl2IN2OS/c15-7-1-3-9-10(5-7)21-13(12(9)16)14(20)19-11-4-2-8(17)6-18-11/h1-6H,(H,18,19,20). The van der Waals surface area contributed by atoms with Gasteiger partial charge in [0.15, 0.2) is 0 Å². The third-order valence-corrected chi connectivity index (χ3v) is 5.30. The molecule has 21 heavy (non-hydrogen) atoms. The van der Waals surface area contributed by atoms with Gasteiger partial charge in [0.2, 0.25) is 0 Å². The lowest BCUT2D eigenvalue weighted by molar-refractivity contribution is 0.103. The second-order valence-corrected chi connectivity index (χ2v) is 7.31. The number of benzene rings is 1. The first kappa shape index (κ1) is 15.0. The van der Waals surface area contributed by atoms with E-state index >= 15 is 0 Å². The van der Waals surface area contributed by atoms with Crippen molar-refractivity contribution in [1.82, 2.24) is 4.98 Å². The molecule has 1 amide bonds. The molecule has 7 heteroatoms. The number of pyridine rings is 1. The molecule has 3 nitrogen and oxygen atoms in total. The Labute approximate surface area is 148 Å². The van der Waals surface area contributed by atoms with Crippen molar-refractivity contribution in [3.8, 4) is 0 Å². The second-order valence-electron chi connectivity index (χ2n) is 4.20. The predicted molar refractivity (Wildman–Crippen MR) is 96.8 cm³/mol. The summed E-state index contributed by atoms with van der Waals surface area (Å²) >= 11 is 15.7. The van der Waals surface area contributed by atoms with Gasteiger partial charge in [0.25, 0.3) is 5.91 Å². The van der Waals surface area contributed by atoms with Gasteiger partial charge >= 0.3 is 0 Å². The van der Waals surface area contributed by atoms with Crippen molar-refractivity contribution in [2.45, 2.75) is 0 Å². The van der Waals surface area contributed by atoms with Gasteiger partial charge in [-0.15, -0.1) is 11.3 Å². The maximum atomic E-state index is 12.3. The minimum Gasteiger partial charge on any atom is -0.306 e. The van der Waals surface area contributed by atoms with Gasteiger partial charge in [-0.2, -0.15) is 0 Å². The van der Waals surface area contributed by atoms with E-state index in [2.05, 4.69) is 32.9 Å². The second kappa shape index (κ2) is 6.08. The van der Waals surface area contributed by atoms with Crippen molar-refractivity contribution in [2.24, 2.45) is 0 Å². The number of carbonyl (C=O) groups excluding carboxylic acids is 1. The average molecular weight is 449 g/mol. The summed E-state index contributed by atoms with van der Waals surface area (Å²) in [5.74, 6) is 0.220. The van der Waals surface area contributed by atoms with Crippen LogP contribution in [0.15, 0.2) is 36.5 Å². The molecule has 0 saturated carbocycles. The fourth-order valence-electron chi connectivity index (χ4n) is 1.81. The summed E-state index contributed by atoms with van der Waals surface area (Å²) in [7, 11) is 0. The predicted octanol–water partition coefficient (Wildman–Crippen LogP) is 5.46. The Hall–Kier alpha value is -0.890. The number of thiophene rings is 1. The summed E-state index contributed by atoms with van der Waals surface area (Å²) in [6.45, 7) is 0. The van der Waals surface area contributed by atoms with Crippen molar-refractivity contribution in [3.05, 3.63) is 55.0 Å². The van der Waals surface area contributed by atoms with Gasteiger partial charge in [-0.05, 0) is 46.9 Å². The summed E-state index contributed by atoms with van der Waals surface area (Å²) < 4.78 is 1.88. The van der Waals surface area contributed by atoms with Gasteiger partial charge in [0, 0.05) is 24.9 Å². The Balaban J connectivity index is 1.94. The number of carbonyl (C=O) groups is 1. The molecule has 0 unspecified atom stereocenters. The lowest BCUT2D eigenvalue weighted by atomic mass is 10.2. The van der Waals surface area contributed by atoms with E-state index in [1.807, 2.05) is 12.1 Å². The third kappa shape index (κ3) is 3.15. The maximum Gasteiger partial charge on any atom is 0.268 e. The lowest BCUT2D eigenvalue weighted by Crippen LogP contribution is -2.11. The van der Waals surface area contributed by atoms with E-state index in [9.17, 15) is 4.79 Å². The molecule has 0 spiro atoms. The molecular formula is C14H7Cl2IN2OS. The summed E-state index contributed by atoms with van der Waals surface area (Å²) in [6, 6.07) is 8.99. The van der Waals surface area contributed by atoms with E-state index in [0.29, 0.717) is 20.7 Å². The molecule has 0 radical (unpaired) electrons. The van der Waals surface area contributed by atoms with Crippen LogP contribution in [0.3, 0.4) is 0 Å². The van der Waals surface area contributed by atoms with Gasteiger partial charge in [-0.3, -0.25) is 4.79 Å². The van der Waals surface area contributed by atoms with Crippen molar-refractivity contribution in [2.75, 3.05) is 5.32 Å². The van der Waals surface area contributed by atoms with Crippen LogP contribution >= 0.6 is 57.1 Å². The van der Waals surface area contributed by atoms with Gasteiger partial charge < -0.3 is 5.32 Å². The molecule has 0 aliphatic rings. The highest BCUT2D eigenvalue weighted by atomic mass is 127. The summed E-state index contributed by atoms with van der Waals surface area (Å²) in [5.41, 5.74) is 0. The molecule has 1 N–H and O–H groups in total. The van der Waals surface area contributed by atoms with Crippen LogP contribution in [0.5, 0.6) is 0 Å². The van der Waals surface area contributed by atoms with E-state index in [-0.39, 0.29) is 5.91 Å². The summed E-state index contributed by atoms with van der Waals surface area (Å²) in [4.78, 5) is 16.9. The Morgan fingerprint density at radius 3 is 2.76 bits per heavy atom. The van der Waals surface area contributed by atoms with Gasteiger partial charge in [0.05, 0.1) is 5.02 Å². The zero-order chi connectivity index (χ0) is 15.0. The fourth-order valence-corrected chi connectivity index (χ4v) is 3.82. The highest BCUT2D eigenvalue weighted by Crippen LogP contribution is 2.36. The molecule has 3 rings (SSSR count). The number of rotatable bonds is 2. The fraction of sp³-hybridized carbons (Fsp3) is 0. The monoisotopic (exact) mass is 448 g/mol. The molecule has 0 saturated heterocycles. The lowest BCUT2D eigenvalue weighted by Gasteiger charge is -2.02. The van der Waals surface area contributed by atoms with Gasteiger partial charge in [-0.1, -0.05) is 29.3 Å². The van der Waals surface area contributed by atoms with Crippen LogP contribution in [0.25, 0.3) is 10.1 Å². The van der Waals surface area contributed by atoms with Gasteiger partial charge in [-0.25, -0.2) is 4.98 Å². The van der Waals surface area contributed by atoms with Crippen LogP contribution in [0.1, 0.15) is 9.67 Å². The van der Waals surface area contributed by atoms with Crippen molar-refractivity contribution in [3.63, 3.8) is 0 Å². The molecule has 0 fully saturated rings. The molecule has 0 aliphatic carbocycles. The van der Waals surface area contributed by atoms with E-state index in [1.165, 1.54) is 11.3 Å². The number of halogens is 3. The van der Waals surface area contributed by atoms with Crippen LogP contribution in [0, 0.1) is 3.57 Å². The number of nitrogens with one attached hydrogen (secondary N) is 1. The van der Waals surface area contributed by atoms with E-state index < -0.39 is 0 Å². The maximum absolute atomic E-state index is 12.3. The Bertz CT molecular complexity index is 833. The van der Waals surface area contributed by atoms with Crippen LogP contribution in [-0.2, 0) is 0 Å². The van der Waals surface area contributed by atoms with E-state index in [0.717, 1.165) is 13.7 Å². The Morgan fingerprint density at radius 1 is 1.24 bits per heavy atom. The van der Waals surface area contributed by atoms with Crippen molar-refractivity contribution < 1.29 is 4.79 Å². The van der Waals surface area contributed by atoms with E-state index in [1.54, 1.807) is 24.4 Å². The van der Waals surface area contributed by atoms with Crippen LogP contribution in [0.4, 0.5) is 5.82 Å². The topological polar surface area (TPSA) is 42.0 Å². The van der Waals surface area contributed by atoms with Crippen molar-refractivity contribution >= 4 is 78.9 Å². The number of amides is 1. The molecule has 2 heterocycles. The smallest absolute Gasteiger partial charge is 0.268 e. The molecule has 0 aliphatic heterocycles. The third-order valence-electron chi connectivity index (χ3n) is 2.77. The molecule has 2 aromatic heterocycles. The number of hydrogen-bond acceptors (Lipinski definition) is 3. The number of hydrogen-bond donors (Lipinski definition) is 1. The zero-order valence-electron chi connectivity index (χ0n) is 10.4. The first-order valence-corrected chi connectivity index (χ1v) is 8.50. The first-order chi connectivity index (χ1) is 10.0. The molecule has 106 valence electrons. The summed E-state index contributed by atoms with van der Waals surface area (Å²) in [6.07, 6.45) is 1.68. The summed E-state index contributed by atoms with van der Waals surface area (Å²) in [5, 5.41) is 4.62. The normalized spacial score (nSPS) is 10.8. The van der Waals surface area contributed by atoms with Crippen LogP contribution in [0.2, 0.25) is 10.0 Å². The number of nitrogens with zero attached hydrogens (tertiary/aromatic N) is 1. The Morgan fingerprint density at radius 2 is 2.05 bits per heavy atom. The average Bonchev–Trinajstić information content (AvgIpc) is 2.78. The number of anilines is 1. The van der Waals surface area contributed by atoms with Crippen LogP contribution in [-0.4, -0.2) is 10.9 Å². The molecule has 0 atom stereocenters. The zero-order valence-corrected chi connectivity index (χ0v) is 14.8. The SMILES string of the molecule is O=C(Nc1ccc(I)cn1)c1sc2cc(Cl)ccc2c1Cl. The van der Waals surface area contributed by atoms with Crippen LogP contribution < -0.4 is 5.32 Å². The first-order valence-electron chi connectivity index (χ1n) is 5.85. The molecular weight excluding hydrogens is 442 g/mol. The Kier molecular flexibility index (Phi) is 4.35. The van der Waals surface area contributed by atoms with Crippen molar-refractivity contribution in [1.29, 1.82) is 0 Å².